The van der Waals surface area contributed by atoms with E-state index >= 15 is 0 Å². The second-order valence-electron chi connectivity index (χ2n) is 7.03. The molecule has 0 fully saturated rings. The van der Waals surface area contributed by atoms with Gasteiger partial charge in [0.25, 0.3) is 11.8 Å². The van der Waals surface area contributed by atoms with Crippen LogP contribution in [0.3, 0.4) is 0 Å². The Kier molecular flexibility index (Phi) is 5.90. The lowest BCUT2D eigenvalue weighted by molar-refractivity contribution is -0.137. The molecule has 3 rings (SSSR count). The molecule has 0 radical (unpaired) electrons. The first kappa shape index (κ1) is 22.5. The van der Waals surface area contributed by atoms with Crippen LogP contribution in [0.4, 0.5) is 18.9 Å². The zero-order valence-electron chi connectivity index (χ0n) is 16.1. The molecule has 1 N–H and O–H groups in total. The molecule has 3 amide bonds. The Morgan fingerprint density at radius 1 is 1.03 bits per heavy atom. The number of imide groups is 1. The smallest absolute Gasteiger partial charge is 0.324 e. The number of hydrogen-bond donors (Lipinski definition) is 1. The fourth-order valence-electron chi connectivity index (χ4n) is 3.19. The van der Waals surface area contributed by atoms with E-state index in [1.807, 2.05) is 0 Å². The van der Waals surface area contributed by atoms with Crippen molar-refractivity contribution in [2.45, 2.75) is 18.6 Å². The maximum atomic E-state index is 12.9. The quantitative estimate of drug-likeness (QED) is 0.677. The van der Waals surface area contributed by atoms with Gasteiger partial charge in [-0.1, -0.05) is 18.2 Å². The van der Waals surface area contributed by atoms with Crippen molar-refractivity contribution >= 4 is 33.2 Å². The molecule has 0 spiro atoms. The summed E-state index contributed by atoms with van der Waals surface area (Å²) in [5, 5.41) is 2.26. The van der Waals surface area contributed by atoms with E-state index in [-0.39, 0.29) is 16.8 Å². The third kappa shape index (κ3) is 4.93. The lowest BCUT2D eigenvalue weighted by atomic mass is 10.1. The molecule has 1 atom stereocenters. The molecular weight excluding hydrogens is 437 g/mol. The van der Waals surface area contributed by atoms with Gasteiger partial charge in [-0.25, -0.2) is 8.42 Å². The highest BCUT2D eigenvalue weighted by atomic mass is 32.2. The number of nitrogens with zero attached hydrogens (tertiary/aromatic N) is 1. The predicted molar refractivity (Wildman–Crippen MR) is 105 cm³/mol. The van der Waals surface area contributed by atoms with E-state index in [1.165, 1.54) is 30.3 Å². The van der Waals surface area contributed by atoms with E-state index in [1.54, 1.807) is 0 Å². The zero-order valence-corrected chi connectivity index (χ0v) is 17.0. The number of fused-ring (bicyclic) bond motifs is 1. The summed E-state index contributed by atoms with van der Waals surface area (Å²) in [7, 11) is -3.56. The van der Waals surface area contributed by atoms with Crippen molar-refractivity contribution in [3.63, 3.8) is 0 Å². The molecule has 1 aliphatic rings. The lowest BCUT2D eigenvalue weighted by Crippen LogP contribution is -2.48. The summed E-state index contributed by atoms with van der Waals surface area (Å²) in [5.74, 6) is -3.05. The van der Waals surface area contributed by atoms with E-state index in [9.17, 15) is 36.0 Å². The number of alkyl halides is 3. The van der Waals surface area contributed by atoms with Gasteiger partial charge in [-0.15, -0.1) is 0 Å². The third-order valence-corrected chi connectivity index (χ3v) is 5.64. The van der Waals surface area contributed by atoms with E-state index in [4.69, 9.17) is 0 Å². The number of hydrogen-bond acceptors (Lipinski definition) is 5. The van der Waals surface area contributed by atoms with Crippen LogP contribution < -0.4 is 5.32 Å². The molecule has 2 aromatic carbocycles. The standard InChI is InChI=1S/C20H17F3N2O5S/c1-31(29,30)10-9-16(25-18(27)14-7-2-3-8-15(14)19(25)28)17(26)24-13-6-4-5-12(11-13)20(21,22)23/h2-8,11,16H,9-10H2,1H3,(H,24,26)/t16-/m0/s1. The van der Waals surface area contributed by atoms with Crippen molar-refractivity contribution < 1.29 is 36.0 Å². The summed E-state index contributed by atoms with van der Waals surface area (Å²) in [5.41, 5.74) is -1.09. The molecule has 0 aromatic heterocycles. The molecular formula is C20H17F3N2O5S. The zero-order chi connectivity index (χ0) is 23.0. The number of halogens is 3. The normalized spacial score (nSPS) is 15.0. The molecule has 1 aliphatic heterocycles. The molecule has 2 aromatic rings. The summed E-state index contributed by atoms with van der Waals surface area (Å²) in [4.78, 5) is 39.0. The summed E-state index contributed by atoms with van der Waals surface area (Å²) in [6, 6.07) is 8.14. The summed E-state index contributed by atoms with van der Waals surface area (Å²) >= 11 is 0. The van der Waals surface area contributed by atoms with Crippen LogP contribution in [0.15, 0.2) is 48.5 Å². The minimum absolute atomic E-state index is 0.0590. The fourth-order valence-corrected chi connectivity index (χ4v) is 3.84. The van der Waals surface area contributed by atoms with Gasteiger partial charge in [0.2, 0.25) is 5.91 Å². The van der Waals surface area contributed by atoms with Crippen LogP contribution in [0.25, 0.3) is 0 Å². The van der Waals surface area contributed by atoms with Gasteiger partial charge in [-0.2, -0.15) is 13.2 Å². The minimum Gasteiger partial charge on any atom is -0.324 e. The highest BCUT2D eigenvalue weighted by Gasteiger charge is 2.43. The van der Waals surface area contributed by atoms with Crippen molar-refractivity contribution in [2.24, 2.45) is 0 Å². The van der Waals surface area contributed by atoms with Crippen molar-refractivity contribution in [1.82, 2.24) is 4.90 Å². The van der Waals surface area contributed by atoms with E-state index in [0.29, 0.717) is 11.0 Å². The number of anilines is 1. The lowest BCUT2D eigenvalue weighted by Gasteiger charge is -2.25. The van der Waals surface area contributed by atoms with Gasteiger partial charge >= 0.3 is 6.18 Å². The summed E-state index contributed by atoms with van der Waals surface area (Å²) < 4.78 is 62.1. The molecule has 164 valence electrons. The first-order chi connectivity index (χ1) is 14.4. The molecule has 0 saturated heterocycles. The molecule has 0 unspecified atom stereocenters. The Bertz CT molecular complexity index is 1130. The number of benzene rings is 2. The largest absolute Gasteiger partial charge is 0.416 e. The third-order valence-electron chi connectivity index (χ3n) is 4.66. The Hall–Kier alpha value is -3.21. The molecule has 0 aliphatic carbocycles. The van der Waals surface area contributed by atoms with Crippen molar-refractivity contribution in [3.05, 3.63) is 65.2 Å². The van der Waals surface area contributed by atoms with E-state index in [0.717, 1.165) is 18.4 Å². The number of amides is 3. The SMILES string of the molecule is CS(=O)(=O)CC[C@@H](C(=O)Nc1cccc(C(F)(F)F)c1)N1C(=O)c2ccccc2C1=O. The molecule has 7 nitrogen and oxygen atoms in total. The van der Waals surface area contributed by atoms with E-state index < -0.39 is 57.5 Å². The maximum Gasteiger partial charge on any atom is 0.416 e. The number of carbonyl (C=O) groups is 3. The number of carbonyl (C=O) groups excluding carboxylic acids is 3. The van der Waals surface area contributed by atoms with Crippen LogP contribution in [-0.2, 0) is 20.8 Å². The number of nitrogens with one attached hydrogen (secondary N) is 1. The highest BCUT2D eigenvalue weighted by molar-refractivity contribution is 7.90. The molecule has 1 heterocycles. The Morgan fingerprint density at radius 3 is 2.13 bits per heavy atom. The average Bonchev–Trinajstić information content (AvgIpc) is 2.92. The van der Waals surface area contributed by atoms with Gasteiger partial charge in [0.05, 0.1) is 22.4 Å². The topological polar surface area (TPSA) is 101 Å². The van der Waals surface area contributed by atoms with Crippen LogP contribution >= 0.6 is 0 Å². The summed E-state index contributed by atoms with van der Waals surface area (Å²) in [6.07, 6.45) is -4.12. The monoisotopic (exact) mass is 454 g/mol. The molecule has 0 bridgehead atoms. The van der Waals surface area contributed by atoms with Crippen molar-refractivity contribution in [3.8, 4) is 0 Å². The second kappa shape index (κ2) is 8.14. The maximum absolute atomic E-state index is 12.9. The molecule has 11 heteroatoms. The van der Waals surface area contributed by atoms with Gasteiger partial charge in [-0.05, 0) is 36.8 Å². The van der Waals surface area contributed by atoms with Gasteiger partial charge in [0, 0.05) is 11.9 Å². The fraction of sp³-hybridized carbons (Fsp3) is 0.250. The Balaban J connectivity index is 1.92. The van der Waals surface area contributed by atoms with Crippen LogP contribution in [-0.4, -0.2) is 49.1 Å². The second-order valence-corrected chi connectivity index (χ2v) is 9.29. The van der Waals surface area contributed by atoms with Gasteiger partial charge in [0.1, 0.15) is 15.9 Å². The van der Waals surface area contributed by atoms with Crippen LogP contribution in [0.2, 0.25) is 0 Å². The van der Waals surface area contributed by atoms with Gasteiger partial charge < -0.3 is 5.32 Å². The molecule has 31 heavy (non-hydrogen) atoms. The van der Waals surface area contributed by atoms with Gasteiger partial charge in [0.15, 0.2) is 0 Å². The highest BCUT2D eigenvalue weighted by Crippen LogP contribution is 2.31. The molecule has 0 saturated carbocycles. The van der Waals surface area contributed by atoms with Crippen LogP contribution in [0, 0.1) is 0 Å². The van der Waals surface area contributed by atoms with Gasteiger partial charge in [-0.3, -0.25) is 19.3 Å². The summed E-state index contributed by atoms with van der Waals surface area (Å²) in [6.45, 7) is 0. The number of sulfone groups is 1. The van der Waals surface area contributed by atoms with Crippen LogP contribution in [0.5, 0.6) is 0 Å². The first-order valence-electron chi connectivity index (χ1n) is 9.01. The predicted octanol–water partition coefficient (Wildman–Crippen LogP) is 2.74. The first-order valence-corrected chi connectivity index (χ1v) is 11.1. The number of rotatable bonds is 6. The average molecular weight is 454 g/mol. The van der Waals surface area contributed by atoms with Crippen molar-refractivity contribution in [1.29, 1.82) is 0 Å². The Labute approximate surface area is 175 Å². The minimum atomic E-state index is -4.64. The van der Waals surface area contributed by atoms with Crippen LogP contribution in [0.1, 0.15) is 32.7 Å². The Morgan fingerprint density at radius 2 is 1.61 bits per heavy atom. The van der Waals surface area contributed by atoms with Crippen molar-refractivity contribution in [2.75, 3.05) is 17.3 Å². The van der Waals surface area contributed by atoms with E-state index in [2.05, 4.69) is 5.32 Å².